The molecule has 0 aromatic carbocycles. The molecule has 2 rings (SSSR count). The van der Waals surface area contributed by atoms with E-state index in [2.05, 4.69) is 0 Å². The molecule has 1 heteroatoms. The minimum absolute atomic E-state index is 0.906. The van der Waals surface area contributed by atoms with Crippen LogP contribution < -0.4 is 5.73 Å². The minimum atomic E-state index is 0.906. The van der Waals surface area contributed by atoms with E-state index < -0.39 is 0 Å². The third-order valence-corrected chi connectivity index (χ3v) is 3.19. The maximum absolute atomic E-state index is 5.62. The fourth-order valence-corrected chi connectivity index (χ4v) is 2.67. The Kier molecular flexibility index (Phi) is 1.26. The van der Waals surface area contributed by atoms with Crippen LogP contribution in [0.4, 0.5) is 0 Å². The summed E-state index contributed by atoms with van der Waals surface area (Å²) in [6.07, 6.45) is 5.93. The van der Waals surface area contributed by atoms with Crippen molar-refractivity contribution < 1.29 is 0 Å². The summed E-state index contributed by atoms with van der Waals surface area (Å²) in [5, 5.41) is 0. The second-order valence-corrected chi connectivity index (χ2v) is 3.67. The Balaban J connectivity index is 2.01. The molecule has 0 saturated heterocycles. The van der Waals surface area contributed by atoms with Gasteiger partial charge in [0.25, 0.3) is 0 Å². The molecule has 0 aliphatic heterocycles. The maximum Gasteiger partial charge on any atom is -0.00461 e. The largest absolute Gasteiger partial charge is 0.330 e. The summed E-state index contributed by atoms with van der Waals surface area (Å²) >= 11 is 0. The van der Waals surface area contributed by atoms with Gasteiger partial charge in [0.1, 0.15) is 0 Å². The quantitative estimate of drug-likeness (QED) is 0.563. The minimum Gasteiger partial charge on any atom is -0.330 e. The first-order valence-electron chi connectivity index (χ1n) is 4.10. The molecule has 0 aromatic heterocycles. The highest BCUT2D eigenvalue weighted by atomic mass is 14.6. The molecule has 0 unspecified atom stereocenters. The van der Waals surface area contributed by atoms with Crippen molar-refractivity contribution in [2.45, 2.75) is 25.7 Å². The Bertz CT molecular complexity index is 111. The van der Waals surface area contributed by atoms with Crippen LogP contribution in [0.1, 0.15) is 25.7 Å². The molecule has 0 radical (unpaired) electrons. The monoisotopic (exact) mass is 125 g/mol. The molecule has 1 nitrogen and oxygen atoms in total. The van der Waals surface area contributed by atoms with Crippen LogP contribution in [-0.2, 0) is 0 Å². The second-order valence-electron chi connectivity index (χ2n) is 3.67. The lowest BCUT2D eigenvalue weighted by Crippen LogP contribution is -2.19. The van der Waals surface area contributed by atoms with Gasteiger partial charge in [-0.1, -0.05) is 6.42 Å². The van der Waals surface area contributed by atoms with Gasteiger partial charge in [0, 0.05) is 0 Å². The summed E-state index contributed by atoms with van der Waals surface area (Å²) in [4.78, 5) is 0. The van der Waals surface area contributed by atoms with Gasteiger partial charge >= 0.3 is 0 Å². The van der Waals surface area contributed by atoms with Crippen LogP contribution in [0.5, 0.6) is 0 Å². The fraction of sp³-hybridized carbons (Fsp3) is 1.00. The summed E-state index contributed by atoms with van der Waals surface area (Å²) in [5.74, 6) is 3.01. The molecule has 2 saturated carbocycles. The standard InChI is InChI=1S/C8H15N/c9-5-8-4-6-1-2-7(8)3-6/h6-8H,1-5,9H2/t6-,7-,8+/m0/s1. The van der Waals surface area contributed by atoms with Crippen LogP contribution in [0.15, 0.2) is 0 Å². The highest BCUT2D eigenvalue weighted by molar-refractivity contribution is 4.89. The summed E-state index contributed by atoms with van der Waals surface area (Å²) in [7, 11) is 0. The first-order chi connectivity index (χ1) is 4.40. The normalized spacial score (nSPS) is 48.3. The van der Waals surface area contributed by atoms with Gasteiger partial charge in [0.2, 0.25) is 0 Å². The van der Waals surface area contributed by atoms with E-state index in [0.717, 1.165) is 24.3 Å². The molecular formula is C8H15N. The summed E-state index contributed by atoms with van der Waals surface area (Å²) in [6, 6.07) is 0. The molecule has 3 atom stereocenters. The lowest BCUT2D eigenvalue weighted by atomic mass is 9.89. The van der Waals surface area contributed by atoms with Crippen LogP contribution in [0.2, 0.25) is 0 Å². The third kappa shape index (κ3) is 0.787. The van der Waals surface area contributed by atoms with Gasteiger partial charge in [-0.05, 0) is 43.6 Å². The van der Waals surface area contributed by atoms with Crippen molar-refractivity contribution in [1.29, 1.82) is 0 Å². The molecule has 2 fully saturated rings. The van der Waals surface area contributed by atoms with Crippen molar-refractivity contribution in [1.82, 2.24) is 0 Å². The molecule has 0 amide bonds. The molecule has 2 aliphatic carbocycles. The Hall–Kier alpha value is -0.0400. The number of hydrogen-bond acceptors (Lipinski definition) is 1. The predicted molar refractivity (Wildman–Crippen MR) is 38.0 cm³/mol. The molecule has 2 aliphatic rings. The molecular weight excluding hydrogens is 110 g/mol. The highest BCUT2D eigenvalue weighted by Gasteiger charge is 2.38. The molecule has 2 N–H and O–H groups in total. The SMILES string of the molecule is NC[C@H]1C[C@H]2CC[C@H]1C2. The van der Waals surface area contributed by atoms with E-state index in [1.165, 1.54) is 25.7 Å². The molecule has 0 spiro atoms. The van der Waals surface area contributed by atoms with Crippen LogP contribution >= 0.6 is 0 Å². The van der Waals surface area contributed by atoms with Crippen molar-refractivity contribution in [2.24, 2.45) is 23.5 Å². The van der Waals surface area contributed by atoms with E-state index in [1.807, 2.05) is 0 Å². The zero-order valence-electron chi connectivity index (χ0n) is 5.84. The molecule has 2 bridgehead atoms. The Labute approximate surface area is 56.6 Å². The predicted octanol–water partition coefficient (Wildman–Crippen LogP) is 1.38. The van der Waals surface area contributed by atoms with Crippen LogP contribution in [0.25, 0.3) is 0 Å². The number of rotatable bonds is 1. The number of fused-ring (bicyclic) bond motifs is 2. The summed E-state index contributed by atoms with van der Waals surface area (Å²) < 4.78 is 0. The van der Waals surface area contributed by atoms with Gasteiger partial charge in [-0.25, -0.2) is 0 Å². The van der Waals surface area contributed by atoms with Crippen molar-refractivity contribution in [3.8, 4) is 0 Å². The molecule has 52 valence electrons. The van der Waals surface area contributed by atoms with Crippen LogP contribution in [0, 0.1) is 17.8 Å². The van der Waals surface area contributed by atoms with E-state index in [1.54, 1.807) is 0 Å². The first kappa shape index (κ1) is 5.72. The number of hydrogen-bond donors (Lipinski definition) is 1. The highest BCUT2D eigenvalue weighted by Crippen LogP contribution is 2.47. The van der Waals surface area contributed by atoms with Crippen molar-refractivity contribution in [3.63, 3.8) is 0 Å². The Morgan fingerprint density at radius 3 is 2.44 bits per heavy atom. The van der Waals surface area contributed by atoms with Crippen molar-refractivity contribution in [2.75, 3.05) is 6.54 Å². The molecule has 9 heavy (non-hydrogen) atoms. The topological polar surface area (TPSA) is 26.0 Å². The fourth-order valence-electron chi connectivity index (χ4n) is 2.67. The van der Waals surface area contributed by atoms with Crippen molar-refractivity contribution in [3.05, 3.63) is 0 Å². The average molecular weight is 125 g/mol. The Morgan fingerprint density at radius 1 is 1.22 bits per heavy atom. The van der Waals surface area contributed by atoms with E-state index in [4.69, 9.17) is 5.73 Å². The maximum atomic E-state index is 5.62. The van der Waals surface area contributed by atoms with Crippen LogP contribution in [-0.4, -0.2) is 6.54 Å². The summed E-state index contributed by atoms with van der Waals surface area (Å²) in [6.45, 7) is 0.946. The van der Waals surface area contributed by atoms with Gasteiger partial charge in [-0.2, -0.15) is 0 Å². The third-order valence-electron chi connectivity index (χ3n) is 3.19. The van der Waals surface area contributed by atoms with Gasteiger partial charge in [-0.15, -0.1) is 0 Å². The Morgan fingerprint density at radius 2 is 2.11 bits per heavy atom. The van der Waals surface area contributed by atoms with E-state index >= 15 is 0 Å². The van der Waals surface area contributed by atoms with E-state index in [-0.39, 0.29) is 0 Å². The van der Waals surface area contributed by atoms with E-state index in [0.29, 0.717) is 0 Å². The zero-order valence-corrected chi connectivity index (χ0v) is 5.84. The lowest BCUT2D eigenvalue weighted by molar-refractivity contribution is 0.341. The molecule has 0 heterocycles. The van der Waals surface area contributed by atoms with Crippen molar-refractivity contribution >= 4 is 0 Å². The average Bonchev–Trinajstić information content (AvgIpc) is 2.45. The number of nitrogens with two attached hydrogens (primary N) is 1. The zero-order chi connectivity index (χ0) is 6.27. The lowest BCUT2D eigenvalue weighted by Gasteiger charge is -2.18. The van der Waals surface area contributed by atoms with Gasteiger partial charge in [0.05, 0.1) is 0 Å². The van der Waals surface area contributed by atoms with Crippen LogP contribution in [0.3, 0.4) is 0 Å². The first-order valence-corrected chi connectivity index (χ1v) is 4.10. The smallest absolute Gasteiger partial charge is 0.00461 e. The second kappa shape index (κ2) is 1.98. The van der Waals surface area contributed by atoms with Gasteiger partial charge in [-0.3, -0.25) is 0 Å². The van der Waals surface area contributed by atoms with Gasteiger partial charge < -0.3 is 5.73 Å². The summed E-state index contributed by atoms with van der Waals surface area (Å²) in [5.41, 5.74) is 5.62. The molecule has 0 aromatic rings. The van der Waals surface area contributed by atoms with Gasteiger partial charge in [0.15, 0.2) is 0 Å². The van der Waals surface area contributed by atoms with E-state index in [9.17, 15) is 0 Å².